The smallest absolute Gasteiger partial charge is 0.254 e. The number of benzene rings is 2. The summed E-state index contributed by atoms with van der Waals surface area (Å²) in [5.41, 5.74) is 0.397. The third kappa shape index (κ3) is 8.04. The Morgan fingerprint density at radius 2 is 1.85 bits per heavy atom. The lowest BCUT2D eigenvalue weighted by Gasteiger charge is -2.36. The Balaban J connectivity index is 1.51. The highest BCUT2D eigenvalue weighted by molar-refractivity contribution is 5.94. The monoisotopic (exact) mass is 464 g/mol. The van der Waals surface area contributed by atoms with E-state index in [0.29, 0.717) is 57.3 Å². The fourth-order valence-corrected chi connectivity index (χ4v) is 3.63. The minimum Gasteiger partial charge on any atom is -0.491 e. The van der Waals surface area contributed by atoms with Gasteiger partial charge in [0.25, 0.3) is 5.91 Å². The normalized spacial score (nSPS) is 17.5. The Bertz CT molecular complexity index is 866. The SMILES string of the molecule is COCCN(CC1CN(CC(O)COc2ccc(F)cc2)CCO1)C(=O)c1ccc(F)cc1. The van der Waals surface area contributed by atoms with E-state index in [0.717, 1.165) is 0 Å². The number of ether oxygens (including phenoxy) is 3. The number of nitrogens with zero attached hydrogens (tertiary/aromatic N) is 2. The van der Waals surface area contributed by atoms with Gasteiger partial charge in [-0.1, -0.05) is 0 Å². The predicted molar refractivity (Wildman–Crippen MR) is 118 cm³/mol. The molecule has 180 valence electrons. The van der Waals surface area contributed by atoms with Crippen LogP contribution in [0.25, 0.3) is 0 Å². The van der Waals surface area contributed by atoms with Gasteiger partial charge < -0.3 is 24.2 Å². The zero-order valence-corrected chi connectivity index (χ0v) is 18.7. The molecule has 0 saturated carbocycles. The second-order valence-electron chi connectivity index (χ2n) is 7.92. The van der Waals surface area contributed by atoms with Crippen molar-refractivity contribution in [3.63, 3.8) is 0 Å². The molecule has 2 aromatic rings. The van der Waals surface area contributed by atoms with Gasteiger partial charge in [0.2, 0.25) is 0 Å². The number of hydrogen-bond donors (Lipinski definition) is 1. The molecule has 0 aliphatic carbocycles. The molecule has 1 aliphatic heterocycles. The molecule has 1 N–H and O–H groups in total. The fourth-order valence-electron chi connectivity index (χ4n) is 3.63. The third-order valence-corrected chi connectivity index (χ3v) is 5.32. The molecule has 33 heavy (non-hydrogen) atoms. The van der Waals surface area contributed by atoms with Gasteiger partial charge in [-0.3, -0.25) is 9.69 Å². The molecular formula is C24H30F2N2O5. The summed E-state index contributed by atoms with van der Waals surface area (Å²) in [7, 11) is 1.56. The first kappa shape index (κ1) is 25.0. The Hall–Kier alpha value is -2.59. The molecule has 2 aromatic carbocycles. The second-order valence-corrected chi connectivity index (χ2v) is 7.92. The summed E-state index contributed by atoms with van der Waals surface area (Å²) in [6.07, 6.45) is -0.982. The van der Waals surface area contributed by atoms with Gasteiger partial charge in [-0.05, 0) is 48.5 Å². The van der Waals surface area contributed by atoms with Crippen molar-refractivity contribution in [2.75, 3.05) is 59.7 Å². The van der Waals surface area contributed by atoms with Crippen LogP contribution in [0.1, 0.15) is 10.4 Å². The Morgan fingerprint density at radius 1 is 1.18 bits per heavy atom. The number of hydrogen-bond acceptors (Lipinski definition) is 6. The maximum atomic E-state index is 13.2. The third-order valence-electron chi connectivity index (χ3n) is 5.32. The lowest BCUT2D eigenvalue weighted by Crippen LogP contribution is -2.51. The zero-order chi connectivity index (χ0) is 23.6. The summed E-state index contributed by atoms with van der Waals surface area (Å²) >= 11 is 0. The number of rotatable bonds is 11. The molecule has 0 radical (unpaired) electrons. The lowest BCUT2D eigenvalue weighted by molar-refractivity contribution is -0.0546. The van der Waals surface area contributed by atoms with Crippen LogP contribution in [-0.2, 0) is 9.47 Å². The average Bonchev–Trinajstić information content (AvgIpc) is 2.81. The number of halogens is 2. The number of methoxy groups -OCH3 is 1. The van der Waals surface area contributed by atoms with E-state index in [1.165, 1.54) is 48.5 Å². The van der Waals surface area contributed by atoms with Gasteiger partial charge in [-0.2, -0.15) is 0 Å². The number of aliphatic hydroxyl groups is 1. The quantitative estimate of drug-likeness (QED) is 0.550. The van der Waals surface area contributed by atoms with Crippen molar-refractivity contribution in [2.45, 2.75) is 12.2 Å². The molecule has 1 fully saturated rings. The second kappa shape index (κ2) is 12.6. The highest BCUT2D eigenvalue weighted by Gasteiger charge is 2.26. The van der Waals surface area contributed by atoms with Crippen LogP contribution in [0.15, 0.2) is 48.5 Å². The number of morpholine rings is 1. The van der Waals surface area contributed by atoms with Crippen molar-refractivity contribution >= 4 is 5.91 Å². The number of amides is 1. The highest BCUT2D eigenvalue weighted by Crippen LogP contribution is 2.14. The molecular weight excluding hydrogens is 434 g/mol. The number of β-amino-alcohol motifs (C(OH)–C–C–N with tert-alkyl or cyclic N) is 1. The molecule has 2 atom stereocenters. The van der Waals surface area contributed by atoms with Crippen molar-refractivity contribution in [1.82, 2.24) is 9.80 Å². The molecule has 1 saturated heterocycles. The standard InChI is InChI=1S/C24H30F2N2O5/c1-31-12-11-28(24(30)18-2-4-19(25)5-3-18)16-23-15-27(10-13-32-23)14-21(29)17-33-22-8-6-20(26)7-9-22/h2-9,21,23,29H,10-17H2,1H3. The van der Waals surface area contributed by atoms with Crippen LogP contribution in [-0.4, -0.2) is 92.7 Å². The maximum Gasteiger partial charge on any atom is 0.254 e. The van der Waals surface area contributed by atoms with Crippen molar-refractivity contribution in [3.8, 4) is 5.75 Å². The first-order chi connectivity index (χ1) is 15.9. The Kier molecular flexibility index (Phi) is 9.56. The number of carbonyl (C=O) groups is 1. The van der Waals surface area contributed by atoms with Crippen LogP contribution >= 0.6 is 0 Å². The summed E-state index contributed by atoms with van der Waals surface area (Å²) in [5.74, 6) is -0.480. The van der Waals surface area contributed by atoms with Crippen LogP contribution in [0.3, 0.4) is 0 Å². The maximum absolute atomic E-state index is 13.2. The first-order valence-electron chi connectivity index (χ1n) is 10.9. The Labute approximate surface area is 192 Å². The predicted octanol–water partition coefficient (Wildman–Crippen LogP) is 2.19. The van der Waals surface area contributed by atoms with Crippen molar-refractivity contribution in [1.29, 1.82) is 0 Å². The molecule has 0 bridgehead atoms. The summed E-state index contributed by atoms with van der Waals surface area (Å²) in [6, 6.07) is 11.1. The number of aliphatic hydroxyl groups excluding tert-OH is 1. The van der Waals surface area contributed by atoms with Gasteiger partial charge in [0.1, 0.15) is 30.1 Å². The largest absolute Gasteiger partial charge is 0.491 e. The molecule has 7 nitrogen and oxygen atoms in total. The van der Waals surface area contributed by atoms with Crippen molar-refractivity contribution < 1.29 is 32.9 Å². The average molecular weight is 465 g/mol. The molecule has 0 aromatic heterocycles. The van der Waals surface area contributed by atoms with E-state index in [-0.39, 0.29) is 24.4 Å². The molecule has 1 heterocycles. The van der Waals surface area contributed by atoms with Crippen LogP contribution in [0.4, 0.5) is 8.78 Å². The van der Waals surface area contributed by atoms with Gasteiger partial charge in [-0.25, -0.2) is 8.78 Å². The van der Waals surface area contributed by atoms with E-state index >= 15 is 0 Å². The van der Waals surface area contributed by atoms with E-state index in [9.17, 15) is 18.7 Å². The van der Waals surface area contributed by atoms with E-state index in [4.69, 9.17) is 14.2 Å². The highest BCUT2D eigenvalue weighted by atomic mass is 19.1. The molecule has 9 heteroatoms. The van der Waals surface area contributed by atoms with Crippen molar-refractivity contribution in [3.05, 3.63) is 65.7 Å². The fraction of sp³-hybridized carbons (Fsp3) is 0.458. The van der Waals surface area contributed by atoms with Gasteiger partial charge in [0.05, 0.1) is 19.3 Å². The van der Waals surface area contributed by atoms with Crippen LogP contribution in [0.5, 0.6) is 5.75 Å². The van der Waals surface area contributed by atoms with Crippen LogP contribution in [0, 0.1) is 11.6 Å². The number of carbonyl (C=O) groups excluding carboxylic acids is 1. The van der Waals surface area contributed by atoms with Gasteiger partial charge >= 0.3 is 0 Å². The molecule has 1 aliphatic rings. The van der Waals surface area contributed by atoms with E-state index in [1.807, 2.05) is 0 Å². The topological polar surface area (TPSA) is 71.5 Å². The molecule has 2 unspecified atom stereocenters. The molecule has 0 spiro atoms. The summed E-state index contributed by atoms with van der Waals surface area (Å²) in [4.78, 5) is 16.6. The summed E-state index contributed by atoms with van der Waals surface area (Å²) in [6.45, 7) is 3.20. The van der Waals surface area contributed by atoms with E-state index in [1.54, 1.807) is 12.0 Å². The lowest BCUT2D eigenvalue weighted by atomic mass is 10.1. The van der Waals surface area contributed by atoms with Crippen LogP contribution in [0.2, 0.25) is 0 Å². The minimum atomic E-state index is -0.737. The molecule has 1 amide bonds. The zero-order valence-electron chi connectivity index (χ0n) is 18.7. The summed E-state index contributed by atoms with van der Waals surface area (Å²) < 4.78 is 42.7. The van der Waals surface area contributed by atoms with Gasteiger partial charge in [0, 0.05) is 45.4 Å². The molecule has 3 rings (SSSR count). The summed E-state index contributed by atoms with van der Waals surface area (Å²) in [5, 5.41) is 10.4. The van der Waals surface area contributed by atoms with Crippen molar-refractivity contribution in [2.24, 2.45) is 0 Å². The first-order valence-corrected chi connectivity index (χ1v) is 10.9. The minimum absolute atomic E-state index is 0.0800. The van der Waals surface area contributed by atoms with E-state index in [2.05, 4.69) is 4.90 Å². The van der Waals surface area contributed by atoms with Gasteiger partial charge in [0.15, 0.2) is 0 Å². The van der Waals surface area contributed by atoms with Crippen LogP contribution < -0.4 is 4.74 Å². The van der Waals surface area contributed by atoms with E-state index < -0.39 is 11.9 Å². The van der Waals surface area contributed by atoms with Gasteiger partial charge in [-0.15, -0.1) is 0 Å². The Morgan fingerprint density at radius 3 is 2.52 bits per heavy atom.